The standard InChI is InChI=1S/C16H14N2O/c1-11-9-15(17)14-10-13(7-8-16(14)18-11)19-12-5-3-2-4-6-12/h2-10H,1H3,(H2,17,18). The molecule has 19 heavy (non-hydrogen) atoms. The molecule has 94 valence electrons. The highest BCUT2D eigenvalue weighted by Crippen LogP contribution is 2.28. The number of para-hydroxylation sites is 1. The van der Waals surface area contributed by atoms with Crippen LogP contribution in [-0.2, 0) is 0 Å². The van der Waals surface area contributed by atoms with Crippen molar-refractivity contribution < 1.29 is 4.74 Å². The van der Waals surface area contributed by atoms with Gasteiger partial charge in [0.1, 0.15) is 11.5 Å². The largest absolute Gasteiger partial charge is 0.457 e. The summed E-state index contributed by atoms with van der Waals surface area (Å²) in [6, 6.07) is 17.3. The van der Waals surface area contributed by atoms with Crippen LogP contribution in [0, 0.1) is 6.92 Å². The van der Waals surface area contributed by atoms with Crippen molar-refractivity contribution in [2.45, 2.75) is 6.92 Å². The lowest BCUT2D eigenvalue weighted by atomic mass is 10.1. The Hall–Kier alpha value is -2.55. The normalized spacial score (nSPS) is 10.6. The predicted octanol–water partition coefficient (Wildman–Crippen LogP) is 3.92. The second-order valence-corrected chi connectivity index (χ2v) is 4.45. The molecule has 3 heteroatoms. The number of ether oxygens (including phenoxy) is 1. The van der Waals surface area contributed by atoms with Gasteiger partial charge in [0.15, 0.2) is 0 Å². The van der Waals surface area contributed by atoms with Crippen LogP contribution < -0.4 is 10.5 Å². The van der Waals surface area contributed by atoms with E-state index in [1.165, 1.54) is 0 Å². The van der Waals surface area contributed by atoms with E-state index in [1.54, 1.807) is 0 Å². The molecule has 0 saturated heterocycles. The molecule has 0 bridgehead atoms. The number of hydrogen-bond donors (Lipinski definition) is 1. The lowest BCUT2D eigenvalue weighted by molar-refractivity contribution is 0.483. The highest BCUT2D eigenvalue weighted by atomic mass is 16.5. The van der Waals surface area contributed by atoms with Crippen LogP contribution in [0.2, 0.25) is 0 Å². The zero-order valence-corrected chi connectivity index (χ0v) is 10.6. The number of rotatable bonds is 2. The second kappa shape index (κ2) is 4.61. The Morgan fingerprint density at radius 2 is 1.74 bits per heavy atom. The average molecular weight is 250 g/mol. The van der Waals surface area contributed by atoms with Gasteiger partial charge in [-0.2, -0.15) is 0 Å². The third-order valence-electron chi connectivity index (χ3n) is 2.92. The van der Waals surface area contributed by atoms with Gasteiger partial charge >= 0.3 is 0 Å². The summed E-state index contributed by atoms with van der Waals surface area (Å²) >= 11 is 0. The number of nitrogens with two attached hydrogens (primary N) is 1. The van der Waals surface area contributed by atoms with Crippen molar-refractivity contribution in [3.63, 3.8) is 0 Å². The predicted molar refractivity (Wildman–Crippen MR) is 77.4 cm³/mol. The van der Waals surface area contributed by atoms with Crippen LogP contribution in [0.4, 0.5) is 5.69 Å². The fourth-order valence-corrected chi connectivity index (χ4v) is 2.06. The van der Waals surface area contributed by atoms with Crippen LogP contribution in [0.1, 0.15) is 5.69 Å². The van der Waals surface area contributed by atoms with Gasteiger partial charge in [-0.25, -0.2) is 0 Å². The molecule has 1 heterocycles. The van der Waals surface area contributed by atoms with Crippen molar-refractivity contribution >= 4 is 16.6 Å². The molecule has 0 aliphatic rings. The Bertz CT molecular complexity index is 723. The molecule has 0 amide bonds. The van der Waals surface area contributed by atoms with E-state index in [0.29, 0.717) is 0 Å². The number of pyridine rings is 1. The molecule has 0 aliphatic heterocycles. The second-order valence-electron chi connectivity index (χ2n) is 4.45. The van der Waals surface area contributed by atoms with Crippen LogP contribution in [0.25, 0.3) is 10.9 Å². The van der Waals surface area contributed by atoms with Gasteiger partial charge in [0, 0.05) is 16.8 Å². The monoisotopic (exact) mass is 250 g/mol. The molecule has 2 N–H and O–H groups in total. The summed E-state index contributed by atoms with van der Waals surface area (Å²) in [5.41, 5.74) is 8.55. The van der Waals surface area contributed by atoms with E-state index in [2.05, 4.69) is 4.98 Å². The summed E-state index contributed by atoms with van der Waals surface area (Å²) < 4.78 is 5.79. The topological polar surface area (TPSA) is 48.1 Å². The van der Waals surface area contributed by atoms with E-state index in [9.17, 15) is 0 Å². The average Bonchev–Trinajstić information content (AvgIpc) is 2.40. The molecule has 1 aromatic heterocycles. The van der Waals surface area contributed by atoms with Crippen molar-refractivity contribution in [1.82, 2.24) is 4.98 Å². The molecule has 0 saturated carbocycles. The van der Waals surface area contributed by atoms with Crippen molar-refractivity contribution in [2.24, 2.45) is 0 Å². The molecule has 2 aromatic carbocycles. The first-order chi connectivity index (χ1) is 9.22. The smallest absolute Gasteiger partial charge is 0.128 e. The summed E-state index contributed by atoms with van der Waals surface area (Å²) in [6.45, 7) is 1.93. The molecule has 0 unspecified atom stereocenters. The van der Waals surface area contributed by atoms with E-state index in [4.69, 9.17) is 10.5 Å². The SMILES string of the molecule is Cc1cc(N)c2cc(Oc3ccccc3)ccc2n1. The van der Waals surface area contributed by atoms with Gasteiger partial charge in [-0.3, -0.25) is 4.98 Å². The maximum atomic E-state index is 6.02. The number of fused-ring (bicyclic) bond motifs is 1. The quantitative estimate of drug-likeness (QED) is 0.750. The maximum Gasteiger partial charge on any atom is 0.128 e. The van der Waals surface area contributed by atoms with Gasteiger partial charge in [-0.05, 0) is 43.3 Å². The van der Waals surface area contributed by atoms with Gasteiger partial charge in [-0.15, -0.1) is 0 Å². The summed E-state index contributed by atoms with van der Waals surface area (Å²) in [5.74, 6) is 1.57. The number of nitrogen functional groups attached to an aromatic ring is 1. The van der Waals surface area contributed by atoms with Crippen molar-refractivity contribution in [3.8, 4) is 11.5 Å². The van der Waals surface area contributed by atoms with Gasteiger partial charge in [0.2, 0.25) is 0 Å². The molecule has 0 fully saturated rings. The summed E-state index contributed by atoms with van der Waals surface area (Å²) in [4.78, 5) is 4.45. The number of aromatic nitrogens is 1. The maximum absolute atomic E-state index is 6.02. The van der Waals surface area contributed by atoms with Crippen LogP contribution in [0.5, 0.6) is 11.5 Å². The number of nitrogens with zero attached hydrogens (tertiary/aromatic N) is 1. The summed E-state index contributed by atoms with van der Waals surface area (Å²) in [5, 5.41) is 0.916. The Morgan fingerprint density at radius 1 is 0.947 bits per heavy atom. The lowest BCUT2D eigenvalue weighted by Crippen LogP contribution is -1.92. The van der Waals surface area contributed by atoms with Gasteiger partial charge in [0.05, 0.1) is 5.52 Å². The minimum Gasteiger partial charge on any atom is -0.457 e. The first-order valence-electron chi connectivity index (χ1n) is 6.12. The van der Waals surface area contributed by atoms with E-state index in [0.717, 1.165) is 33.8 Å². The highest BCUT2D eigenvalue weighted by molar-refractivity contribution is 5.91. The molecule has 3 aromatic rings. The van der Waals surface area contributed by atoms with Crippen molar-refractivity contribution in [1.29, 1.82) is 0 Å². The Morgan fingerprint density at radius 3 is 2.53 bits per heavy atom. The van der Waals surface area contributed by atoms with E-state index in [1.807, 2.05) is 61.5 Å². The van der Waals surface area contributed by atoms with Crippen molar-refractivity contribution in [2.75, 3.05) is 5.73 Å². The zero-order chi connectivity index (χ0) is 13.2. The minimum atomic E-state index is 0.723. The number of hydrogen-bond acceptors (Lipinski definition) is 3. The highest BCUT2D eigenvalue weighted by Gasteiger charge is 2.04. The fourth-order valence-electron chi connectivity index (χ4n) is 2.06. The Balaban J connectivity index is 2.02. The van der Waals surface area contributed by atoms with Gasteiger partial charge < -0.3 is 10.5 Å². The molecular weight excluding hydrogens is 236 g/mol. The third-order valence-corrected chi connectivity index (χ3v) is 2.92. The summed E-state index contributed by atoms with van der Waals surface area (Å²) in [6.07, 6.45) is 0. The molecule has 0 radical (unpaired) electrons. The number of anilines is 1. The Kier molecular flexibility index (Phi) is 2.80. The number of benzene rings is 2. The number of aryl methyl sites for hydroxylation is 1. The van der Waals surface area contributed by atoms with Crippen LogP contribution in [0.15, 0.2) is 54.6 Å². The van der Waals surface area contributed by atoms with E-state index in [-0.39, 0.29) is 0 Å². The third kappa shape index (κ3) is 2.36. The zero-order valence-electron chi connectivity index (χ0n) is 10.6. The van der Waals surface area contributed by atoms with Crippen LogP contribution in [-0.4, -0.2) is 4.98 Å². The summed E-state index contributed by atoms with van der Waals surface area (Å²) in [7, 11) is 0. The van der Waals surface area contributed by atoms with Crippen LogP contribution >= 0.6 is 0 Å². The Labute approximate surface area is 111 Å². The molecule has 0 aliphatic carbocycles. The van der Waals surface area contributed by atoms with Crippen LogP contribution in [0.3, 0.4) is 0 Å². The minimum absolute atomic E-state index is 0.723. The van der Waals surface area contributed by atoms with Crippen molar-refractivity contribution in [3.05, 3.63) is 60.3 Å². The molecule has 0 spiro atoms. The molecule has 3 nitrogen and oxygen atoms in total. The van der Waals surface area contributed by atoms with E-state index >= 15 is 0 Å². The fraction of sp³-hybridized carbons (Fsp3) is 0.0625. The van der Waals surface area contributed by atoms with E-state index < -0.39 is 0 Å². The first-order valence-corrected chi connectivity index (χ1v) is 6.12. The van der Waals surface area contributed by atoms with Gasteiger partial charge in [-0.1, -0.05) is 18.2 Å². The molecule has 3 rings (SSSR count). The first kappa shape index (κ1) is 11.5. The lowest BCUT2D eigenvalue weighted by Gasteiger charge is -2.08. The molecule has 0 atom stereocenters. The molecular formula is C16H14N2O. The van der Waals surface area contributed by atoms with Gasteiger partial charge in [0.25, 0.3) is 0 Å².